The van der Waals surface area contributed by atoms with Crippen molar-refractivity contribution in [1.29, 1.82) is 0 Å². The van der Waals surface area contributed by atoms with Crippen molar-refractivity contribution >= 4 is 29.4 Å². The van der Waals surface area contributed by atoms with Crippen LogP contribution in [0.25, 0.3) is 11.1 Å². The molecule has 3 atom stereocenters. The van der Waals surface area contributed by atoms with Gasteiger partial charge in [0.15, 0.2) is 0 Å². The number of aromatic nitrogens is 1. The highest BCUT2D eigenvalue weighted by Gasteiger charge is 2.43. The van der Waals surface area contributed by atoms with Crippen LogP contribution in [0.5, 0.6) is 5.75 Å². The molecule has 1 aliphatic carbocycles. The zero-order valence-electron chi connectivity index (χ0n) is 22.9. The Balaban J connectivity index is 1.52. The number of hydrogen-bond donors (Lipinski definition) is 1. The van der Waals surface area contributed by atoms with Crippen LogP contribution in [0.4, 0.5) is 28.9 Å². The first-order valence-corrected chi connectivity index (χ1v) is 13.5. The summed E-state index contributed by atoms with van der Waals surface area (Å²) in [6.45, 7) is 5.57. The van der Waals surface area contributed by atoms with Crippen LogP contribution in [0.2, 0.25) is 0 Å². The van der Waals surface area contributed by atoms with Gasteiger partial charge in [-0.15, -0.1) is 0 Å². The average molecular weight is 574 g/mol. The molecule has 3 heterocycles. The lowest BCUT2D eigenvalue weighted by atomic mass is 9.95. The number of ether oxygens (including phenoxy) is 1. The number of nitrogens with one attached hydrogen (secondary N) is 1. The van der Waals surface area contributed by atoms with E-state index in [1.165, 1.54) is 24.5 Å². The van der Waals surface area contributed by atoms with E-state index in [0.29, 0.717) is 54.9 Å². The Morgan fingerprint density at radius 3 is 2.49 bits per heavy atom. The van der Waals surface area contributed by atoms with Crippen molar-refractivity contribution in [3.8, 4) is 16.9 Å². The van der Waals surface area contributed by atoms with Crippen molar-refractivity contribution in [3.05, 3.63) is 48.1 Å². The number of amides is 2. The Morgan fingerprint density at radius 2 is 1.83 bits per heavy atom. The van der Waals surface area contributed by atoms with E-state index < -0.39 is 35.3 Å². The molecule has 0 bridgehead atoms. The van der Waals surface area contributed by atoms with Crippen molar-refractivity contribution in [2.24, 2.45) is 16.8 Å². The van der Waals surface area contributed by atoms with Crippen molar-refractivity contribution in [2.75, 3.05) is 37.0 Å². The summed E-state index contributed by atoms with van der Waals surface area (Å²) < 4.78 is 62.6. The SMILES string of the molecule is C[C@@H]1CN(c2cc(F)c(-c3cncc(OCC4CC4)c3)cc2NC(=O)C2C=NC(=O)C=C2C(F)(F)F)C[C@H](C)N1C. The molecule has 5 rings (SSSR count). The highest BCUT2D eigenvalue weighted by atomic mass is 19.4. The summed E-state index contributed by atoms with van der Waals surface area (Å²) in [4.78, 5) is 36.5. The maximum atomic E-state index is 15.7. The summed E-state index contributed by atoms with van der Waals surface area (Å²) in [7, 11) is 1.99. The summed E-state index contributed by atoms with van der Waals surface area (Å²) in [6.07, 6.45) is 1.27. The van der Waals surface area contributed by atoms with Crippen LogP contribution >= 0.6 is 0 Å². The second kappa shape index (κ2) is 11.2. The molecule has 41 heavy (non-hydrogen) atoms. The lowest BCUT2D eigenvalue weighted by molar-refractivity contribution is -0.124. The third-order valence-corrected chi connectivity index (χ3v) is 7.83. The Hall–Kier alpha value is -3.80. The van der Waals surface area contributed by atoms with Gasteiger partial charge in [0.25, 0.3) is 5.91 Å². The molecule has 1 aromatic carbocycles. The molecule has 3 aliphatic rings. The van der Waals surface area contributed by atoms with Crippen molar-refractivity contribution < 1.29 is 31.9 Å². The van der Waals surface area contributed by atoms with E-state index in [2.05, 4.69) is 20.2 Å². The molecular formula is C29H31F4N5O3. The molecular weight excluding hydrogens is 542 g/mol. The van der Waals surface area contributed by atoms with Gasteiger partial charge in [-0.1, -0.05) is 0 Å². The number of pyridine rings is 1. The molecule has 1 saturated carbocycles. The molecule has 2 amide bonds. The monoisotopic (exact) mass is 573 g/mol. The minimum atomic E-state index is -4.92. The normalized spacial score (nSPS) is 23.4. The molecule has 0 spiro atoms. The minimum Gasteiger partial charge on any atom is -0.492 e. The van der Waals surface area contributed by atoms with Crippen LogP contribution in [0.3, 0.4) is 0 Å². The van der Waals surface area contributed by atoms with E-state index in [-0.39, 0.29) is 23.3 Å². The lowest BCUT2D eigenvalue weighted by Gasteiger charge is -2.44. The Kier molecular flexibility index (Phi) is 7.87. The molecule has 218 valence electrons. The number of aliphatic imine (C=N–C) groups is 1. The number of likely N-dealkylation sites (N-methyl/N-ethyl adjacent to an activating group) is 1. The number of halogens is 4. The van der Waals surface area contributed by atoms with Gasteiger partial charge in [-0.2, -0.15) is 13.2 Å². The van der Waals surface area contributed by atoms with Crippen LogP contribution in [-0.2, 0) is 9.59 Å². The van der Waals surface area contributed by atoms with Gasteiger partial charge in [-0.3, -0.25) is 19.5 Å². The molecule has 2 aromatic rings. The molecule has 1 aromatic heterocycles. The largest absolute Gasteiger partial charge is 0.492 e. The zero-order valence-corrected chi connectivity index (χ0v) is 22.9. The third-order valence-electron chi connectivity index (χ3n) is 7.83. The summed E-state index contributed by atoms with van der Waals surface area (Å²) in [5, 5.41) is 2.58. The topological polar surface area (TPSA) is 87.1 Å². The van der Waals surface area contributed by atoms with E-state index in [4.69, 9.17) is 4.74 Å². The summed E-state index contributed by atoms with van der Waals surface area (Å²) in [5.41, 5.74) is -0.361. The molecule has 2 aliphatic heterocycles. The predicted octanol–water partition coefficient (Wildman–Crippen LogP) is 4.86. The fraction of sp³-hybridized carbons (Fsp3) is 0.448. The lowest BCUT2D eigenvalue weighted by Crippen LogP contribution is -2.55. The summed E-state index contributed by atoms with van der Waals surface area (Å²) in [5.74, 6) is -3.60. The number of piperazine rings is 1. The number of benzene rings is 1. The molecule has 8 nitrogen and oxygen atoms in total. The number of anilines is 2. The minimum absolute atomic E-state index is 0.0887. The van der Waals surface area contributed by atoms with E-state index in [1.807, 2.05) is 25.8 Å². The second-order valence-electron chi connectivity index (χ2n) is 11.0. The first-order chi connectivity index (χ1) is 19.4. The molecule has 1 saturated heterocycles. The van der Waals surface area contributed by atoms with Gasteiger partial charge in [-0.05, 0) is 57.9 Å². The van der Waals surface area contributed by atoms with Gasteiger partial charge in [0.1, 0.15) is 17.5 Å². The average Bonchev–Trinajstić information content (AvgIpc) is 3.75. The number of carbonyl (C=O) groups excluding carboxylic acids is 2. The standard InChI is InChI=1S/C29H31F4N5O3/c1-16-13-38(14-17(2)37(16)3)26-9-24(30)21(19-6-20(11-34-10-19)41-15-18-4-5-18)7-25(26)36-28(40)22-12-35-27(39)8-23(22)29(31,32)33/h6-12,16-18,22H,4-5,13-15H2,1-3H3,(H,36,40)/t16-,17+,22?. The van der Waals surface area contributed by atoms with E-state index in [9.17, 15) is 22.8 Å². The van der Waals surface area contributed by atoms with E-state index in [1.54, 1.807) is 6.07 Å². The zero-order chi connectivity index (χ0) is 29.5. The van der Waals surface area contributed by atoms with Crippen molar-refractivity contribution in [2.45, 2.75) is 44.9 Å². The maximum absolute atomic E-state index is 15.7. The fourth-order valence-corrected chi connectivity index (χ4v) is 5.06. The highest BCUT2D eigenvalue weighted by Crippen LogP contribution is 2.38. The maximum Gasteiger partial charge on any atom is 0.414 e. The van der Waals surface area contributed by atoms with Crippen LogP contribution in [0, 0.1) is 17.7 Å². The number of nitrogens with zero attached hydrogens (tertiary/aromatic N) is 4. The Labute approximate surface area is 235 Å². The van der Waals surface area contributed by atoms with Gasteiger partial charge in [0.2, 0.25) is 5.91 Å². The van der Waals surface area contributed by atoms with Gasteiger partial charge in [-0.25, -0.2) is 9.38 Å². The highest BCUT2D eigenvalue weighted by molar-refractivity contribution is 6.11. The van der Waals surface area contributed by atoms with Crippen LogP contribution in [0.15, 0.2) is 47.2 Å². The van der Waals surface area contributed by atoms with E-state index >= 15 is 4.39 Å². The van der Waals surface area contributed by atoms with Crippen LogP contribution in [0.1, 0.15) is 26.7 Å². The third kappa shape index (κ3) is 6.42. The van der Waals surface area contributed by atoms with Crippen LogP contribution < -0.4 is 15.0 Å². The molecule has 0 radical (unpaired) electrons. The molecule has 1 unspecified atom stereocenters. The van der Waals surface area contributed by atoms with E-state index in [0.717, 1.165) is 12.8 Å². The smallest absolute Gasteiger partial charge is 0.414 e. The molecule has 12 heteroatoms. The Morgan fingerprint density at radius 1 is 1.12 bits per heavy atom. The number of dihydropyridines is 1. The number of hydrogen-bond acceptors (Lipinski definition) is 6. The van der Waals surface area contributed by atoms with Gasteiger partial charge >= 0.3 is 6.18 Å². The van der Waals surface area contributed by atoms with Crippen molar-refractivity contribution in [3.63, 3.8) is 0 Å². The van der Waals surface area contributed by atoms with Crippen molar-refractivity contribution in [1.82, 2.24) is 9.88 Å². The number of rotatable bonds is 7. The first-order valence-electron chi connectivity index (χ1n) is 13.5. The van der Waals surface area contributed by atoms with Gasteiger partial charge in [0, 0.05) is 54.8 Å². The quantitative estimate of drug-likeness (QED) is 0.477. The fourth-order valence-electron chi connectivity index (χ4n) is 5.06. The first kappa shape index (κ1) is 28.7. The molecule has 2 fully saturated rings. The molecule has 1 N–H and O–H groups in total. The Bertz CT molecular complexity index is 1390. The van der Waals surface area contributed by atoms with Gasteiger partial charge < -0.3 is 15.0 Å². The number of alkyl halides is 3. The van der Waals surface area contributed by atoms with Crippen LogP contribution in [-0.4, -0.2) is 72.9 Å². The number of carbonyl (C=O) groups is 2. The second-order valence-corrected chi connectivity index (χ2v) is 11.0. The summed E-state index contributed by atoms with van der Waals surface area (Å²) in [6, 6.07) is 4.51. The van der Waals surface area contributed by atoms with Gasteiger partial charge in [0.05, 0.1) is 29.8 Å². The summed E-state index contributed by atoms with van der Waals surface area (Å²) >= 11 is 0. The predicted molar refractivity (Wildman–Crippen MR) is 147 cm³/mol.